The molecule has 3 rings (SSSR count). The average molecular weight is 398 g/mol. The molecule has 2 amide bonds. The molecule has 1 unspecified atom stereocenters. The first-order valence-electron chi connectivity index (χ1n) is 9.83. The van der Waals surface area contributed by atoms with Gasteiger partial charge in [-0.25, -0.2) is 0 Å². The zero-order chi connectivity index (χ0) is 20.8. The van der Waals surface area contributed by atoms with Crippen LogP contribution in [0.25, 0.3) is 0 Å². The quantitative estimate of drug-likeness (QED) is 0.381. The third kappa shape index (κ3) is 4.88. The van der Waals surface area contributed by atoms with Crippen LogP contribution in [0.5, 0.6) is 0 Å². The van der Waals surface area contributed by atoms with Crippen molar-refractivity contribution in [2.45, 2.75) is 32.6 Å². The maximum absolute atomic E-state index is 13.0. The van der Waals surface area contributed by atoms with Crippen molar-refractivity contribution in [2.75, 3.05) is 31.8 Å². The number of likely N-dealkylation sites (tertiary alicyclic amines) is 1. The van der Waals surface area contributed by atoms with Gasteiger partial charge in [-0.3, -0.25) is 19.4 Å². The highest BCUT2D eigenvalue weighted by Gasteiger charge is 2.39. The first-order chi connectivity index (χ1) is 14.0. The van der Waals surface area contributed by atoms with Crippen LogP contribution in [0.3, 0.4) is 0 Å². The van der Waals surface area contributed by atoms with Gasteiger partial charge in [0.2, 0.25) is 5.91 Å². The third-order valence-electron chi connectivity index (χ3n) is 5.11. The van der Waals surface area contributed by atoms with E-state index in [1.54, 1.807) is 19.1 Å². The predicted octanol–water partition coefficient (Wildman–Crippen LogP) is 2.04. The highest BCUT2D eigenvalue weighted by Crippen LogP contribution is 2.26. The number of carbonyl (C=O) groups is 3. The second-order valence-corrected chi connectivity index (χ2v) is 7.12. The molecule has 2 aliphatic rings. The number of esters is 1. The molecule has 1 aromatic rings. The lowest BCUT2D eigenvalue weighted by Gasteiger charge is -2.16. The van der Waals surface area contributed by atoms with Gasteiger partial charge in [0.05, 0.1) is 24.9 Å². The monoisotopic (exact) mass is 398 g/mol. The minimum atomic E-state index is -0.678. The van der Waals surface area contributed by atoms with Gasteiger partial charge in [0.15, 0.2) is 0 Å². The van der Waals surface area contributed by atoms with E-state index in [0.717, 1.165) is 19.4 Å². The van der Waals surface area contributed by atoms with Crippen molar-refractivity contribution >= 4 is 34.9 Å². The molecule has 0 saturated carbocycles. The Morgan fingerprint density at radius 1 is 1.28 bits per heavy atom. The first-order valence-corrected chi connectivity index (χ1v) is 9.83. The zero-order valence-corrected chi connectivity index (χ0v) is 16.8. The maximum Gasteiger partial charge on any atom is 0.311 e. The Morgan fingerprint density at radius 2 is 2.03 bits per heavy atom. The van der Waals surface area contributed by atoms with Gasteiger partial charge in [-0.1, -0.05) is 18.2 Å². The normalized spacial score (nSPS) is 19.7. The van der Waals surface area contributed by atoms with Gasteiger partial charge < -0.3 is 9.64 Å². The molecule has 29 heavy (non-hydrogen) atoms. The fourth-order valence-corrected chi connectivity index (χ4v) is 3.58. The van der Waals surface area contributed by atoms with E-state index in [1.165, 1.54) is 12.1 Å². The Morgan fingerprint density at radius 3 is 2.69 bits per heavy atom. The summed E-state index contributed by atoms with van der Waals surface area (Å²) in [4.78, 5) is 42.9. The summed E-state index contributed by atoms with van der Waals surface area (Å²) in [5.41, 5.74) is 1.69. The number of ether oxygens (including phenoxy) is 1. The second-order valence-electron chi connectivity index (χ2n) is 7.12. The van der Waals surface area contributed by atoms with E-state index in [2.05, 4.69) is 10.1 Å². The number of nitrogens with zero attached hydrogens (tertiary/aromatic N) is 4. The van der Waals surface area contributed by atoms with Gasteiger partial charge in [0.25, 0.3) is 5.91 Å². The van der Waals surface area contributed by atoms with Crippen molar-refractivity contribution in [1.82, 2.24) is 4.90 Å². The van der Waals surface area contributed by atoms with E-state index in [0.29, 0.717) is 36.6 Å². The number of rotatable bonds is 8. The number of para-hydroxylation sites is 1. The summed E-state index contributed by atoms with van der Waals surface area (Å²) in [6.45, 7) is 3.78. The van der Waals surface area contributed by atoms with Crippen LogP contribution in [-0.4, -0.2) is 60.9 Å². The summed E-state index contributed by atoms with van der Waals surface area (Å²) < 4.78 is 4.76. The molecule has 2 heterocycles. The molecular weight excluding hydrogens is 372 g/mol. The predicted molar refractivity (Wildman–Crippen MR) is 110 cm³/mol. The van der Waals surface area contributed by atoms with Crippen LogP contribution in [0.4, 0.5) is 5.69 Å². The van der Waals surface area contributed by atoms with Crippen molar-refractivity contribution in [1.29, 1.82) is 0 Å². The SMILES string of the molecule is COC(=O)CC1=NN(c2ccccc2)C(=O)C1C(C)=NCCCN1CCCC1=O. The van der Waals surface area contributed by atoms with Crippen LogP contribution in [0.1, 0.15) is 32.6 Å². The van der Waals surface area contributed by atoms with Gasteiger partial charge in [0, 0.05) is 31.8 Å². The van der Waals surface area contributed by atoms with Crippen molar-refractivity contribution in [3.63, 3.8) is 0 Å². The molecule has 0 aliphatic carbocycles. The highest BCUT2D eigenvalue weighted by molar-refractivity contribution is 6.30. The Labute approximate surface area is 170 Å². The van der Waals surface area contributed by atoms with Crippen molar-refractivity contribution in [3.05, 3.63) is 30.3 Å². The molecule has 8 heteroatoms. The summed E-state index contributed by atoms with van der Waals surface area (Å²) in [6.07, 6.45) is 2.21. The molecular formula is C21H26N4O4. The fraction of sp³-hybridized carbons (Fsp3) is 0.476. The Kier molecular flexibility index (Phi) is 6.74. The molecule has 1 atom stereocenters. The van der Waals surface area contributed by atoms with E-state index in [1.807, 2.05) is 23.1 Å². The summed E-state index contributed by atoms with van der Waals surface area (Å²) in [5.74, 6) is -1.16. The molecule has 8 nitrogen and oxygen atoms in total. The van der Waals surface area contributed by atoms with Gasteiger partial charge in [-0.2, -0.15) is 10.1 Å². The number of carbonyl (C=O) groups excluding carboxylic acids is 3. The largest absolute Gasteiger partial charge is 0.469 e. The topological polar surface area (TPSA) is 91.6 Å². The molecule has 2 aliphatic heterocycles. The number of hydrogen-bond acceptors (Lipinski definition) is 6. The third-order valence-corrected chi connectivity index (χ3v) is 5.11. The zero-order valence-electron chi connectivity index (χ0n) is 16.8. The van der Waals surface area contributed by atoms with E-state index < -0.39 is 11.9 Å². The number of hydrazone groups is 1. The molecule has 1 aromatic carbocycles. The number of anilines is 1. The summed E-state index contributed by atoms with van der Waals surface area (Å²) in [7, 11) is 1.31. The van der Waals surface area contributed by atoms with Crippen molar-refractivity contribution < 1.29 is 19.1 Å². The van der Waals surface area contributed by atoms with Crippen LogP contribution in [0, 0.1) is 5.92 Å². The van der Waals surface area contributed by atoms with E-state index in [9.17, 15) is 14.4 Å². The van der Waals surface area contributed by atoms with E-state index in [-0.39, 0.29) is 18.2 Å². The number of aliphatic imine (C=N–C) groups is 1. The molecule has 0 spiro atoms. The molecule has 0 aromatic heterocycles. The average Bonchev–Trinajstić information content (AvgIpc) is 3.28. The highest BCUT2D eigenvalue weighted by atomic mass is 16.5. The van der Waals surface area contributed by atoms with Crippen LogP contribution < -0.4 is 5.01 Å². The number of hydrogen-bond donors (Lipinski definition) is 0. The lowest BCUT2D eigenvalue weighted by molar-refractivity contribution is -0.139. The summed E-state index contributed by atoms with van der Waals surface area (Å²) >= 11 is 0. The van der Waals surface area contributed by atoms with Crippen LogP contribution in [-0.2, 0) is 19.1 Å². The van der Waals surface area contributed by atoms with Crippen molar-refractivity contribution in [3.8, 4) is 0 Å². The fourth-order valence-electron chi connectivity index (χ4n) is 3.58. The molecule has 1 saturated heterocycles. The van der Waals surface area contributed by atoms with Gasteiger partial charge in [-0.05, 0) is 31.9 Å². The first kappa shape index (κ1) is 20.7. The Balaban J connectivity index is 1.70. The van der Waals surface area contributed by atoms with E-state index in [4.69, 9.17) is 4.74 Å². The number of benzene rings is 1. The van der Waals surface area contributed by atoms with Crippen LogP contribution >= 0.6 is 0 Å². The van der Waals surface area contributed by atoms with Crippen LogP contribution in [0.15, 0.2) is 40.4 Å². The molecule has 0 bridgehead atoms. The molecule has 0 radical (unpaired) electrons. The summed E-state index contributed by atoms with van der Waals surface area (Å²) in [6, 6.07) is 9.09. The smallest absolute Gasteiger partial charge is 0.311 e. The van der Waals surface area contributed by atoms with Gasteiger partial charge >= 0.3 is 5.97 Å². The standard InChI is InChI=1S/C21H26N4O4/c1-15(22-11-7-13-24-12-6-10-18(24)26)20-17(14-19(27)29-2)23-25(21(20)28)16-8-4-3-5-9-16/h3-5,8-9,20H,6-7,10-14H2,1-2H3. The lowest BCUT2D eigenvalue weighted by atomic mass is 9.96. The van der Waals surface area contributed by atoms with E-state index >= 15 is 0 Å². The van der Waals surface area contributed by atoms with Crippen molar-refractivity contribution in [2.24, 2.45) is 16.0 Å². The molecule has 1 fully saturated rings. The Hall–Kier alpha value is -3.03. The minimum Gasteiger partial charge on any atom is -0.469 e. The van der Waals surface area contributed by atoms with Gasteiger partial charge in [-0.15, -0.1) is 0 Å². The van der Waals surface area contributed by atoms with Gasteiger partial charge in [0.1, 0.15) is 5.92 Å². The maximum atomic E-state index is 13.0. The Bertz CT molecular complexity index is 834. The molecule has 0 N–H and O–H groups in total. The minimum absolute atomic E-state index is 0.0641. The number of methoxy groups -OCH3 is 1. The molecule has 154 valence electrons. The van der Waals surface area contributed by atoms with Crippen LogP contribution in [0.2, 0.25) is 0 Å². The lowest BCUT2D eigenvalue weighted by Crippen LogP contribution is -2.33. The number of amides is 2. The summed E-state index contributed by atoms with van der Waals surface area (Å²) in [5, 5.41) is 5.72. The second kappa shape index (κ2) is 9.45.